The number of piperidine rings is 1. The number of allylic oxidation sites excluding steroid dienone is 1. The molecule has 1 aromatic rings. The van der Waals surface area contributed by atoms with Crippen LogP contribution in [0.15, 0.2) is 29.8 Å². The van der Waals surface area contributed by atoms with Crippen LogP contribution in [0.25, 0.3) is 0 Å². The quantitative estimate of drug-likeness (QED) is 0.195. The van der Waals surface area contributed by atoms with Crippen molar-refractivity contribution in [2.45, 2.75) is 125 Å². The van der Waals surface area contributed by atoms with Crippen molar-refractivity contribution in [3.8, 4) is 5.75 Å². The van der Waals surface area contributed by atoms with E-state index in [1.54, 1.807) is 13.2 Å². The van der Waals surface area contributed by atoms with Crippen LogP contribution >= 0.6 is 0 Å². The van der Waals surface area contributed by atoms with Gasteiger partial charge in [0, 0.05) is 23.8 Å². The summed E-state index contributed by atoms with van der Waals surface area (Å²) in [4.78, 5) is 42.2. The van der Waals surface area contributed by atoms with E-state index in [2.05, 4.69) is 59.4 Å². The molecule has 1 aromatic carbocycles. The minimum atomic E-state index is -0.680. The second-order valence-corrected chi connectivity index (χ2v) is 20.0. The molecule has 0 aromatic heterocycles. The van der Waals surface area contributed by atoms with Gasteiger partial charge in [0.25, 0.3) is 0 Å². The number of carboxylic acid groups (broad SMARTS) is 1. The highest BCUT2D eigenvalue weighted by Gasteiger charge is 2.72. The summed E-state index contributed by atoms with van der Waals surface area (Å²) < 4.78 is 38.6. The van der Waals surface area contributed by atoms with E-state index in [9.17, 15) is 23.9 Å². The standard InChI is InChI=1S/C46H66FNO8/c1-27(2)28(3)42(5)18-19-44(7)33-12-13-37-43(6)25-54-26-46(37,34(33)14-17-45(44,8)39(42)41(51)52)23-36(55-29(4)49)40(43)56-38(50)24-48-20-15-30(16-21-48)32-11-10-31(47)22-35(32)53-9/h10-11,14,22,27-28,30,33,36-37,39-40H,12-13,15-21,23-26H2,1-9H3,(H,51,52)/t28-,33+,36-,37+,39-,40+,42-,43-,44-,45+,46+/m1/s1. The Labute approximate surface area is 333 Å². The van der Waals surface area contributed by atoms with Crippen LogP contribution in [0, 0.1) is 62.5 Å². The van der Waals surface area contributed by atoms with Gasteiger partial charge < -0.3 is 24.1 Å². The molecule has 6 aliphatic rings. The molecule has 10 heteroatoms. The second kappa shape index (κ2) is 14.7. The van der Waals surface area contributed by atoms with Gasteiger partial charge >= 0.3 is 17.9 Å². The number of halogens is 1. The van der Waals surface area contributed by atoms with Gasteiger partial charge in [-0.25, -0.2) is 4.39 Å². The van der Waals surface area contributed by atoms with Crippen molar-refractivity contribution in [2.24, 2.45) is 56.7 Å². The van der Waals surface area contributed by atoms with E-state index >= 15 is 0 Å². The first-order valence-electron chi connectivity index (χ1n) is 21.3. The van der Waals surface area contributed by atoms with Gasteiger partial charge in [-0.1, -0.05) is 66.2 Å². The molecule has 2 heterocycles. The molecule has 2 saturated heterocycles. The molecule has 7 rings (SSSR count). The number of hydrogen-bond acceptors (Lipinski definition) is 8. The third kappa shape index (κ3) is 6.33. The SMILES string of the molecule is COc1cc(F)ccc1C1CCN(CC(=O)O[C@H]2[C@H](OC(C)=O)C[C@@]34COC[C@]2(C)[C@@H]3CC[C@H]2C4=CC[C@@]3(C)[C@H](C(=O)O)[C@@](C)([C@H](C)C(C)C)CC[C@]23C)CC1. The summed E-state index contributed by atoms with van der Waals surface area (Å²) in [5, 5.41) is 11.0. The lowest BCUT2D eigenvalue weighted by Gasteiger charge is -2.71. The summed E-state index contributed by atoms with van der Waals surface area (Å²) in [7, 11) is 1.56. The van der Waals surface area contributed by atoms with E-state index in [1.807, 2.05) is 0 Å². The number of nitrogens with zero attached hydrogens (tertiary/aromatic N) is 1. The molecule has 310 valence electrons. The molecule has 2 aliphatic heterocycles. The van der Waals surface area contributed by atoms with Gasteiger partial charge in [0.15, 0.2) is 0 Å². The highest BCUT2D eigenvalue weighted by Crippen LogP contribution is 2.75. The maximum atomic E-state index is 13.9. The van der Waals surface area contributed by atoms with Crippen LogP contribution in [0.2, 0.25) is 0 Å². The molecule has 4 aliphatic carbocycles. The van der Waals surface area contributed by atoms with Gasteiger partial charge in [-0.2, -0.15) is 0 Å². The van der Waals surface area contributed by atoms with Gasteiger partial charge in [0.1, 0.15) is 23.8 Å². The predicted molar refractivity (Wildman–Crippen MR) is 210 cm³/mol. The molecule has 11 atom stereocenters. The first-order valence-corrected chi connectivity index (χ1v) is 21.3. The maximum absolute atomic E-state index is 13.9. The number of esters is 2. The topological polar surface area (TPSA) is 112 Å². The molecular formula is C46H66FNO8. The highest BCUT2D eigenvalue weighted by atomic mass is 19.1. The van der Waals surface area contributed by atoms with Crippen LogP contribution in [-0.4, -0.2) is 80.1 Å². The fourth-order valence-corrected chi connectivity index (χ4v) is 13.9. The maximum Gasteiger partial charge on any atom is 0.320 e. The van der Waals surface area contributed by atoms with Crippen LogP contribution in [0.4, 0.5) is 4.39 Å². The molecule has 2 bridgehead atoms. The zero-order valence-corrected chi connectivity index (χ0v) is 35.3. The molecule has 0 unspecified atom stereocenters. The molecule has 0 amide bonds. The van der Waals surface area contributed by atoms with Crippen LogP contribution in [0.5, 0.6) is 5.75 Å². The molecule has 0 spiro atoms. The summed E-state index contributed by atoms with van der Waals surface area (Å²) in [6, 6.07) is 4.70. The number of carboxylic acids is 1. The molecular weight excluding hydrogens is 714 g/mol. The number of fused-ring (bicyclic) bond motifs is 3. The van der Waals surface area contributed by atoms with E-state index in [-0.39, 0.29) is 52.8 Å². The number of likely N-dealkylation sites (tertiary alicyclic amines) is 1. The van der Waals surface area contributed by atoms with Gasteiger partial charge in [0.2, 0.25) is 0 Å². The normalized spacial score (nSPS) is 40.3. The van der Waals surface area contributed by atoms with Crippen molar-refractivity contribution in [3.05, 3.63) is 41.2 Å². The van der Waals surface area contributed by atoms with Crippen molar-refractivity contribution >= 4 is 17.9 Å². The molecule has 5 fully saturated rings. The number of ether oxygens (including phenoxy) is 4. The van der Waals surface area contributed by atoms with Crippen molar-refractivity contribution in [1.82, 2.24) is 4.90 Å². The number of rotatable bonds is 9. The van der Waals surface area contributed by atoms with Gasteiger partial charge in [-0.3, -0.25) is 19.3 Å². The molecule has 56 heavy (non-hydrogen) atoms. The van der Waals surface area contributed by atoms with E-state index in [0.29, 0.717) is 50.8 Å². The number of hydrogen-bond donors (Lipinski definition) is 1. The fraction of sp³-hybridized carbons (Fsp3) is 0.761. The van der Waals surface area contributed by atoms with Crippen LogP contribution in [-0.2, 0) is 28.6 Å². The fourth-order valence-electron chi connectivity index (χ4n) is 13.9. The third-order valence-corrected chi connectivity index (χ3v) is 17.2. The molecule has 0 radical (unpaired) electrons. The van der Waals surface area contributed by atoms with Crippen molar-refractivity contribution < 1.29 is 42.8 Å². The Balaban J connectivity index is 1.13. The Morgan fingerprint density at radius 3 is 2.34 bits per heavy atom. The van der Waals surface area contributed by atoms with Crippen molar-refractivity contribution in [1.29, 1.82) is 0 Å². The molecule has 3 saturated carbocycles. The lowest BCUT2D eigenvalue weighted by molar-refractivity contribution is -0.263. The lowest BCUT2D eigenvalue weighted by atomic mass is 9.34. The first-order chi connectivity index (χ1) is 26.3. The van der Waals surface area contributed by atoms with E-state index in [4.69, 9.17) is 18.9 Å². The van der Waals surface area contributed by atoms with Crippen molar-refractivity contribution in [2.75, 3.05) is 40.0 Å². The monoisotopic (exact) mass is 779 g/mol. The Bertz CT molecular complexity index is 1740. The molecule has 9 nitrogen and oxygen atoms in total. The Morgan fingerprint density at radius 2 is 1.70 bits per heavy atom. The average Bonchev–Trinajstić information content (AvgIpc) is 3.13. The number of methoxy groups -OCH3 is 1. The number of benzene rings is 1. The van der Waals surface area contributed by atoms with E-state index in [1.165, 1.54) is 24.6 Å². The number of carbonyl (C=O) groups excluding carboxylic acids is 2. The molecule has 1 N–H and O–H groups in total. The van der Waals surface area contributed by atoms with Gasteiger partial charge in [0.05, 0.1) is 32.8 Å². The Kier molecular flexibility index (Phi) is 10.8. The second-order valence-electron chi connectivity index (χ2n) is 20.0. The minimum Gasteiger partial charge on any atom is -0.496 e. The van der Waals surface area contributed by atoms with Crippen LogP contribution < -0.4 is 4.74 Å². The van der Waals surface area contributed by atoms with E-state index in [0.717, 1.165) is 44.1 Å². The highest BCUT2D eigenvalue weighted by molar-refractivity contribution is 5.73. The largest absolute Gasteiger partial charge is 0.496 e. The van der Waals surface area contributed by atoms with Gasteiger partial charge in [-0.15, -0.1) is 0 Å². The zero-order valence-electron chi connectivity index (χ0n) is 35.3. The van der Waals surface area contributed by atoms with Crippen molar-refractivity contribution in [3.63, 3.8) is 0 Å². The zero-order chi connectivity index (χ0) is 40.6. The summed E-state index contributed by atoms with van der Waals surface area (Å²) in [5.74, 6) is -0.489. The minimum absolute atomic E-state index is 0.132. The van der Waals surface area contributed by atoms with E-state index < -0.39 is 46.3 Å². The summed E-state index contributed by atoms with van der Waals surface area (Å²) in [6.07, 6.45) is 7.58. The van der Waals surface area contributed by atoms with Gasteiger partial charge in [-0.05, 0) is 122 Å². The Hall–Kier alpha value is -2.98. The van der Waals surface area contributed by atoms with Crippen LogP contribution in [0.1, 0.15) is 118 Å². The summed E-state index contributed by atoms with van der Waals surface area (Å²) in [6.45, 7) is 19.6. The summed E-state index contributed by atoms with van der Waals surface area (Å²) in [5.41, 5.74) is 0.349. The average molecular weight is 780 g/mol. The van der Waals surface area contributed by atoms with Crippen LogP contribution in [0.3, 0.4) is 0 Å². The Morgan fingerprint density at radius 1 is 0.982 bits per heavy atom. The smallest absolute Gasteiger partial charge is 0.320 e. The predicted octanol–water partition coefficient (Wildman–Crippen LogP) is 8.45. The lowest BCUT2D eigenvalue weighted by Crippen LogP contribution is -2.70. The summed E-state index contributed by atoms with van der Waals surface area (Å²) >= 11 is 0. The first kappa shape index (κ1) is 41.2. The number of carbonyl (C=O) groups is 3. The third-order valence-electron chi connectivity index (χ3n) is 17.2. The number of aliphatic carboxylic acids is 1.